The van der Waals surface area contributed by atoms with Crippen LogP contribution in [0.15, 0.2) is 36.8 Å². The summed E-state index contributed by atoms with van der Waals surface area (Å²) in [6.45, 7) is 0.419. The summed E-state index contributed by atoms with van der Waals surface area (Å²) < 4.78 is 1.62. The quantitative estimate of drug-likeness (QED) is 0.749. The Morgan fingerprint density at radius 1 is 1.32 bits per heavy atom. The third-order valence-electron chi connectivity index (χ3n) is 2.73. The van der Waals surface area contributed by atoms with Gasteiger partial charge >= 0.3 is 5.97 Å². The molecule has 7 heteroatoms. The zero-order valence-electron chi connectivity index (χ0n) is 9.76. The maximum absolute atomic E-state index is 11.1. The van der Waals surface area contributed by atoms with E-state index in [4.69, 9.17) is 5.11 Å². The van der Waals surface area contributed by atoms with E-state index >= 15 is 0 Å². The fourth-order valence-electron chi connectivity index (χ4n) is 1.85. The van der Waals surface area contributed by atoms with Crippen LogP contribution in [0.3, 0.4) is 0 Å². The van der Waals surface area contributed by atoms with Crippen LogP contribution >= 0.6 is 0 Å². The highest BCUT2D eigenvalue weighted by Crippen LogP contribution is 2.16. The van der Waals surface area contributed by atoms with E-state index in [1.807, 2.05) is 0 Å². The normalized spacial score (nSPS) is 10.7. The average molecular weight is 255 g/mol. The molecule has 2 heterocycles. The molecule has 0 radical (unpaired) electrons. The van der Waals surface area contributed by atoms with Gasteiger partial charge in [-0.15, -0.1) is 5.10 Å². The van der Waals surface area contributed by atoms with Crippen molar-refractivity contribution in [2.75, 3.05) is 0 Å². The van der Waals surface area contributed by atoms with E-state index in [1.54, 1.807) is 29.1 Å². The second-order valence-corrected chi connectivity index (χ2v) is 3.93. The zero-order chi connectivity index (χ0) is 13.2. The van der Waals surface area contributed by atoms with Crippen molar-refractivity contribution < 1.29 is 9.90 Å². The maximum Gasteiger partial charge on any atom is 0.338 e. The number of carbonyl (C=O) groups is 1. The smallest absolute Gasteiger partial charge is 0.338 e. The summed E-state index contributed by atoms with van der Waals surface area (Å²) in [4.78, 5) is 19.0. The lowest BCUT2D eigenvalue weighted by Gasteiger charge is -2.01. The Hall–Kier alpha value is -2.83. The molecule has 7 nitrogen and oxygen atoms in total. The second-order valence-electron chi connectivity index (χ2n) is 3.93. The third kappa shape index (κ3) is 2.01. The topological polar surface area (TPSA) is 93.8 Å². The highest BCUT2D eigenvalue weighted by atomic mass is 16.4. The lowest BCUT2D eigenvalue weighted by atomic mass is 10.2. The highest BCUT2D eigenvalue weighted by Gasteiger charge is 2.13. The molecule has 0 aliphatic heterocycles. The van der Waals surface area contributed by atoms with Gasteiger partial charge in [0.1, 0.15) is 11.8 Å². The number of rotatable bonds is 3. The number of aromatic nitrogens is 5. The van der Waals surface area contributed by atoms with Gasteiger partial charge in [0.25, 0.3) is 0 Å². The Bertz CT molecular complexity index is 738. The SMILES string of the molecule is O=C(O)c1cccc2c1nnn2Cc1ccncn1. The molecule has 94 valence electrons. The summed E-state index contributed by atoms with van der Waals surface area (Å²) in [6, 6.07) is 6.73. The summed E-state index contributed by atoms with van der Waals surface area (Å²) in [6.07, 6.45) is 3.10. The fraction of sp³-hybridized carbons (Fsp3) is 0.0833. The molecule has 1 N–H and O–H groups in total. The van der Waals surface area contributed by atoms with Gasteiger partial charge in [0.2, 0.25) is 0 Å². The van der Waals surface area contributed by atoms with Crippen molar-refractivity contribution >= 4 is 17.0 Å². The molecule has 0 fully saturated rings. The number of hydrogen-bond acceptors (Lipinski definition) is 5. The largest absolute Gasteiger partial charge is 0.478 e. The van der Waals surface area contributed by atoms with Gasteiger partial charge in [0, 0.05) is 6.20 Å². The van der Waals surface area contributed by atoms with Gasteiger partial charge in [0.05, 0.1) is 23.3 Å². The number of carboxylic acid groups (broad SMARTS) is 1. The number of fused-ring (bicyclic) bond motifs is 1. The first-order chi connectivity index (χ1) is 9.25. The molecule has 3 rings (SSSR count). The Morgan fingerprint density at radius 2 is 2.21 bits per heavy atom. The molecule has 19 heavy (non-hydrogen) atoms. The van der Waals surface area contributed by atoms with Crippen LogP contribution in [0.2, 0.25) is 0 Å². The first-order valence-electron chi connectivity index (χ1n) is 5.56. The molecule has 0 spiro atoms. The Labute approximate surface area is 107 Å². The van der Waals surface area contributed by atoms with Gasteiger partial charge in [-0.1, -0.05) is 11.3 Å². The van der Waals surface area contributed by atoms with E-state index in [-0.39, 0.29) is 5.56 Å². The van der Waals surface area contributed by atoms with Crippen LogP contribution < -0.4 is 0 Å². The van der Waals surface area contributed by atoms with Crippen molar-refractivity contribution in [3.63, 3.8) is 0 Å². The van der Waals surface area contributed by atoms with E-state index in [1.165, 1.54) is 12.4 Å². The lowest BCUT2D eigenvalue weighted by molar-refractivity contribution is 0.0699. The molecule has 0 saturated heterocycles. The van der Waals surface area contributed by atoms with Crippen molar-refractivity contribution in [1.82, 2.24) is 25.0 Å². The highest BCUT2D eigenvalue weighted by molar-refractivity contribution is 6.00. The number of nitrogens with zero attached hydrogens (tertiary/aromatic N) is 5. The number of carboxylic acids is 1. The Morgan fingerprint density at radius 3 is 2.95 bits per heavy atom. The first kappa shape index (κ1) is 11.3. The van der Waals surface area contributed by atoms with Crippen LogP contribution in [-0.4, -0.2) is 36.0 Å². The minimum Gasteiger partial charge on any atom is -0.478 e. The Balaban J connectivity index is 2.07. The summed E-state index contributed by atoms with van der Waals surface area (Å²) in [5.41, 5.74) is 1.97. The summed E-state index contributed by atoms with van der Waals surface area (Å²) >= 11 is 0. The van der Waals surface area contributed by atoms with Gasteiger partial charge < -0.3 is 5.11 Å². The van der Waals surface area contributed by atoms with Crippen LogP contribution in [0.25, 0.3) is 11.0 Å². The third-order valence-corrected chi connectivity index (χ3v) is 2.73. The molecule has 2 aromatic heterocycles. The van der Waals surface area contributed by atoms with Crippen molar-refractivity contribution in [2.45, 2.75) is 6.54 Å². The van der Waals surface area contributed by atoms with Crippen molar-refractivity contribution in [1.29, 1.82) is 0 Å². The van der Waals surface area contributed by atoms with Gasteiger partial charge in [-0.25, -0.2) is 19.4 Å². The van der Waals surface area contributed by atoms with Gasteiger partial charge in [-0.05, 0) is 18.2 Å². The minimum atomic E-state index is -1.01. The van der Waals surface area contributed by atoms with E-state index in [2.05, 4.69) is 20.3 Å². The summed E-state index contributed by atoms with van der Waals surface area (Å²) in [7, 11) is 0. The zero-order valence-corrected chi connectivity index (χ0v) is 9.76. The lowest BCUT2D eigenvalue weighted by Crippen LogP contribution is -2.04. The van der Waals surface area contributed by atoms with Gasteiger partial charge in [-0.2, -0.15) is 0 Å². The van der Waals surface area contributed by atoms with E-state index in [0.717, 1.165) is 5.69 Å². The predicted molar refractivity (Wildman–Crippen MR) is 65.6 cm³/mol. The number of aromatic carboxylic acids is 1. The van der Waals surface area contributed by atoms with E-state index in [0.29, 0.717) is 17.6 Å². The summed E-state index contributed by atoms with van der Waals surface area (Å²) in [5, 5.41) is 17.0. The Kier molecular flexibility index (Phi) is 2.64. The monoisotopic (exact) mass is 255 g/mol. The van der Waals surface area contributed by atoms with Gasteiger partial charge in [-0.3, -0.25) is 0 Å². The van der Waals surface area contributed by atoms with Crippen LogP contribution in [-0.2, 0) is 6.54 Å². The summed E-state index contributed by atoms with van der Waals surface area (Å²) in [5.74, 6) is -1.01. The van der Waals surface area contributed by atoms with Crippen molar-refractivity contribution in [2.24, 2.45) is 0 Å². The predicted octanol–water partition coefficient (Wildman–Crippen LogP) is 0.968. The van der Waals surface area contributed by atoms with Crippen molar-refractivity contribution in [3.8, 4) is 0 Å². The molecule has 0 amide bonds. The molecule has 0 aliphatic carbocycles. The van der Waals surface area contributed by atoms with Crippen molar-refractivity contribution in [3.05, 3.63) is 48.0 Å². The molecule has 0 atom stereocenters. The molecule has 1 aromatic carbocycles. The molecule has 0 saturated carbocycles. The second kappa shape index (κ2) is 4.45. The molecule has 0 bridgehead atoms. The van der Waals surface area contributed by atoms with Crippen LogP contribution in [0.4, 0.5) is 0 Å². The first-order valence-corrected chi connectivity index (χ1v) is 5.56. The number of benzene rings is 1. The minimum absolute atomic E-state index is 0.145. The molecular weight excluding hydrogens is 246 g/mol. The van der Waals surface area contributed by atoms with Crippen LogP contribution in [0, 0.1) is 0 Å². The van der Waals surface area contributed by atoms with Gasteiger partial charge in [0.15, 0.2) is 0 Å². The average Bonchev–Trinajstić information content (AvgIpc) is 2.83. The van der Waals surface area contributed by atoms with E-state index < -0.39 is 5.97 Å². The molecule has 3 aromatic rings. The standard InChI is InChI=1S/C12H9N5O2/c18-12(19)9-2-1-3-10-11(9)15-16-17(10)6-8-4-5-13-7-14-8/h1-5,7H,6H2,(H,18,19). The fourth-order valence-corrected chi connectivity index (χ4v) is 1.85. The maximum atomic E-state index is 11.1. The number of hydrogen-bond donors (Lipinski definition) is 1. The van der Waals surface area contributed by atoms with Crippen LogP contribution in [0.1, 0.15) is 16.1 Å². The molecule has 0 unspecified atom stereocenters. The molecule has 0 aliphatic rings. The molecular formula is C12H9N5O2. The van der Waals surface area contributed by atoms with E-state index in [9.17, 15) is 4.79 Å². The van der Waals surface area contributed by atoms with Crippen LogP contribution in [0.5, 0.6) is 0 Å².